The van der Waals surface area contributed by atoms with Crippen molar-refractivity contribution in [1.29, 1.82) is 0 Å². The van der Waals surface area contributed by atoms with Crippen LogP contribution >= 0.6 is 0 Å². The Labute approximate surface area is 289 Å². The number of Topliss-reactive ketones (excluding diaryl/α,β-unsaturated/α-hetero) is 1. The van der Waals surface area contributed by atoms with Crippen LogP contribution in [0.25, 0.3) is 21.5 Å². The van der Waals surface area contributed by atoms with Gasteiger partial charge < -0.3 is 20.4 Å². The van der Waals surface area contributed by atoms with Crippen molar-refractivity contribution in [1.82, 2.24) is 0 Å². The number of aliphatic hydroxyl groups is 1. The number of carboxylic acids is 1. The third kappa shape index (κ3) is 5.94. The molecule has 1 aliphatic carbocycles. The molecule has 0 saturated heterocycles. The molecule has 0 spiro atoms. The number of likely N-dealkylation sites (N-methyl/N-ethyl adjacent to an activating group) is 1. The van der Waals surface area contributed by atoms with Crippen LogP contribution in [0, 0.1) is 0 Å². The number of fused-ring (bicyclic) bond motifs is 4. The van der Waals surface area contributed by atoms with Crippen LogP contribution < -0.4 is 10.2 Å². The van der Waals surface area contributed by atoms with Crippen LogP contribution in [-0.4, -0.2) is 35.1 Å². The number of benzene rings is 4. The SMILES string of the molecule is C=C(C=C1C(=O)C(C=C2N(CC)c3ccc4ccccc4c3C2(C)C)=C1O)C(C)(C)c1c(NCCCCCC(=O)O)ccc2ccccc12. The van der Waals surface area contributed by atoms with E-state index in [1.54, 1.807) is 6.08 Å². The predicted octanol–water partition coefficient (Wildman–Crippen LogP) is 9.91. The lowest BCUT2D eigenvalue weighted by Gasteiger charge is -2.32. The molecule has 2 aliphatic rings. The van der Waals surface area contributed by atoms with Gasteiger partial charge in [-0.15, -0.1) is 0 Å². The fourth-order valence-corrected chi connectivity index (χ4v) is 7.59. The molecule has 1 heterocycles. The molecule has 0 atom stereocenters. The number of hydrogen-bond donors (Lipinski definition) is 3. The number of nitrogens with zero attached hydrogens (tertiary/aromatic N) is 1. The van der Waals surface area contributed by atoms with Crippen molar-refractivity contribution in [2.45, 2.75) is 71.1 Å². The first-order chi connectivity index (χ1) is 23.4. The molecule has 252 valence electrons. The fraction of sp³-hybridized carbons (Fsp3) is 0.302. The van der Waals surface area contributed by atoms with Gasteiger partial charge in [-0.2, -0.15) is 0 Å². The Bertz CT molecular complexity index is 2100. The van der Waals surface area contributed by atoms with Gasteiger partial charge in [-0.05, 0) is 82.3 Å². The zero-order valence-electron chi connectivity index (χ0n) is 29.2. The van der Waals surface area contributed by atoms with Gasteiger partial charge in [0, 0.05) is 47.4 Å². The Kier molecular flexibility index (Phi) is 9.02. The normalized spacial score (nSPS) is 17.2. The molecular formula is C43H46N2O4. The number of unbranched alkanes of at least 4 members (excludes halogenated alkanes) is 2. The van der Waals surface area contributed by atoms with Crippen LogP contribution in [0.5, 0.6) is 0 Å². The van der Waals surface area contributed by atoms with Crippen LogP contribution in [0.15, 0.2) is 120 Å². The van der Waals surface area contributed by atoms with Gasteiger partial charge in [0.05, 0.1) is 11.1 Å². The van der Waals surface area contributed by atoms with Crippen LogP contribution in [0.4, 0.5) is 11.4 Å². The molecule has 4 aromatic rings. The predicted molar refractivity (Wildman–Crippen MR) is 202 cm³/mol. The van der Waals surface area contributed by atoms with Crippen molar-refractivity contribution >= 4 is 44.7 Å². The summed E-state index contributed by atoms with van der Waals surface area (Å²) in [7, 11) is 0. The van der Waals surface area contributed by atoms with Crippen molar-refractivity contribution in [3.8, 4) is 0 Å². The van der Waals surface area contributed by atoms with Gasteiger partial charge in [0.1, 0.15) is 5.76 Å². The molecule has 6 rings (SSSR count). The number of allylic oxidation sites excluding steroid dienone is 6. The Balaban J connectivity index is 1.31. The van der Waals surface area contributed by atoms with E-state index in [-0.39, 0.29) is 29.0 Å². The third-order valence-corrected chi connectivity index (χ3v) is 10.4. The Hall–Kier alpha value is -5.10. The molecule has 0 bridgehead atoms. The van der Waals surface area contributed by atoms with Crippen molar-refractivity contribution in [3.05, 3.63) is 131 Å². The van der Waals surface area contributed by atoms with E-state index in [9.17, 15) is 14.7 Å². The molecule has 6 heteroatoms. The number of anilines is 2. The number of carbonyl (C=O) groups is 2. The van der Waals surface area contributed by atoms with Gasteiger partial charge in [0.15, 0.2) is 0 Å². The lowest BCUT2D eigenvalue weighted by molar-refractivity contribution is -0.137. The first-order valence-corrected chi connectivity index (χ1v) is 17.3. The van der Waals surface area contributed by atoms with Crippen LogP contribution in [-0.2, 0) is 20.4 Å². The van der Waals surface area contributed by atoms with Gasteiger partial charge in [0.25, 0.3) is 0 Å². The van der Waals surface area contributed by atoms with E-state index in [1.165, 1.54) is 16.3 Å². The third-order valence-electron chi connectivity index (χ3n) is 10.4. The maximum Gasteiger partial charge on any atom is 0.303 e. The lowest BCUT2D eigenvalue weighted by Crippen LogP contribution is -2.29. The highest BCUT2D eigenvalue weighted by atomic mass is 16.4. The average molecular weight is 655 g/mol. The molecule has 49 heavy (non-hydrogen) atoms. The van der Waals surface area contributed by atoms with E-state index in [2.05, 4.69) is 112 Å². The van der Waals surface area contributed by atoms with Gasteiger partial charge in [-0.3, -0.25) is 9.59 Å². The fourth-order valence-electron chi connectivity index (χ4n) is 7.59. The monoisotopic (exact) mass is 654 g/mol. The summed E-state index contributed by atoms with van der Waals surface area (Å²) in [5, 5.41) is 28.5. The van der Waals surface area contributed by atoms with Crippen LogP contribution in [0.1, 0.15) is 71.4 Å². The maximum atomic E-state index is 13.8. The highest BCUT2D eigenvalue weighted by Crippen LogP contribution is 2.52. The summed E-state index contributed by atoms with van der Waals surface area (Å²) in [5.74, 6) is -0.953. The molecule has 0 aromatic heterocycles. The molecule has 0 saturated carbocycles. The van der Waals surface area contributed by atoms with Crippen LogP contribution in [0.3, 0.4) is 0 Å². The summed E-state index contributed by atoms with van der Waals surface area (Å²) in [6.07, 6.45) is 6.14. The number of ketones is 1. The van der Waals surface area contributed by atoms with Crippen molar-refractivity contribution in [2.75, 3.05) is 23.3 Å². The highest BCUT2D eigenvalue weighted by Gasteiger charge is 2.43. The topological polar surface area (TPSA) is 89.9 Å². The minimum Gasteiger partial charge on any atom is -0.506 e. The van der Waals surface area contributed by atoms with E-state index in [4.69, 9.17) is 5.11 Å². The first kappa shape index (κ1) is 33.8. The summed E-state index contributed by atoms with van der Waals surface area (Å²) in [4.78, 5) is 26.9. The molecule has 0 amide bonds. The molecular weight excluding hydrogens is 608 g/mol. The number of hydrogen-bond acceptors (Lipinski definition) is 5. The average Bonchev–Trinajstić information content (AvgIpc) is 3.31. The van der Waals surface area contributed by atoms with E-state index in [0.717, 1.165) is 52.8 Å². The lowest BCUT2D eigenvalue weighted by atomic mass is 9.73. The number of carbonyl (C=O) groups excluding carboxylic acids is 1. The maximum absolute atomic E-state index is 13.8. The molecule has 3 N–H and O–H groups in total. The van der Waals surface area contributed by atoms with E-state index >= 15 is 0 Å². The summed E-state index contributed by atoms with van der Waals surface area (Å²) in [5.41, 5.74) is 5.74. The summed E-state index contributed by atoms with van der Waals surface area (Å²) in [6.45, 7) is 16.6. The summed E-state index contributed by atoms with van der Waals surface area (Å²) >= 11 is 0. The second-order valence-corrected chi connectivity index (χ2v) is 14.2. The van der Waals surface area contributed by atoms with Crippen molar-refractivity contribution < 1.29 is 19.8 Å². The van der Waals surface area contributed by atoms with Crippen molar-refractivity contribution in [3.63, 3.8) is 0 Å². The highest BCUT2D eigenvalue weighted by molar-refractivity contribution is 6.21. The van der Waals surface area contributed by atoms with E-state index in [0.29, 0.717) is 24.1 Å². The summed E-state index contributed by atoms with van der Waals surface area (Å²) in [6, 6.07) is 25.1. The zero-order chi connectivity index (χ0) is 35.1. The molecule has 0 fully saturated rings. The number of aliphatic carboxylic acids is 1. The Morgan fingerprint density at radius 1 is 0.939 bits per heavy atom. The Morgan fingerprint density at radius 3 is 2.27 bits per heavy atom. The number of carboxylic acid groups (broad SMARTS) is 1. The summed E-state index contributed by atoms with van der Waals surface area (Å²) < 4.78 is 0. The van der Waals surface area contributed by atoms with Gasteiger partial charge in [-0.1, -0.05) is 101 Å². The largest absolute Gasteiger partial charge is 0.506 e. The van der Waals surface area contributed by atoms with Gasteiger partial charge in [0.2, 0.25) is 5.78 Å². The van der Waals surface area contributed by atoms with Gasteiger partial charge >= 0.3 is 5.97 Å². The first-order valence-electron chi connectivity index (χ1n) is 17.3. The van der Waals surface area contributed by atoms with Gasteiger partial charge in [-0.25, -0.2) is 0 Å². The number of rotatable bonds is 12. The minimum atomic E-state index is -0.765. The number of nitrogens with one attached hydrogen (secondary N) is 1. The van der Waals surface area contributed by atoms with Crippen molar-refractivity contribution in [2.24, 2.45) is 0 Å². The molecule has 6 nitrogen and oxygen atoms in total. The quantitative estimate of drug-likeness (QED) is 0.104. The standard InChI is InChI=1S/C43H46N2O4/c1-7-45-35-23-21-29-16-11-13-18-31(29)39(35)43(5,6)36(45)26-33-40(48)32(41(33)49)25-27(2)42(3,4)38-30-17-12-10-15-28(30)20-22-34(38)44-24-14-8-9-19-37(46)47/h10-13,15-18,20-23,25-26,44,48H,2,7-9,14,19,24H2,1,3-6H3,(H,46,47). The Morgan fingerprint density at radius 2 is 1.59 bits per heavy atom. The van der Waals surface area contributed by atoms with Crippen LogP contribution in [0.2, 0.25) is 0 Å². The van der Waals surface area contributed by atoms with E-state index < -0.39 is 11.4 Å². The van der Waals surface area contributed by atoms with E-state index in [1.807, 2.05) is 18.2 Å². The molecule has 0 unspecified atom stereocenters. The molecule has 1 aliphatic heterocycles. The second kappa shape index (κ2) is 13.1. The minimum absolute atomic E-state index is 0.000235. The molecule has 0 radical (unpaired) electrons. The number of aliphatic hydroxyl groups excluding tert-OH is 1. The molecule has 4 aromatic carbocycles. The smallest absolute Gasteiger partial charge is 0.303 e. The zero-order valence-corrected chi connectivity index (χ0v) is 29.2. The second-order valence-electron chi connectivity index (χ2n) is 14.2.